The number of amides is 1. The number of carbonyl (C=O) groups excluding carboxylic acids is 2. The van der Waals surface area contributed by atoms with E-state index < -0.39 is 35.9 Å². The molecule has 21 heavy (non-hydrogen) atoms. The molecule has 0 saturated carbocycles. The molecule has 0 aromatic heterocycles. The van der Waals surface area contributed by atoms with Crippen molar-refractivity contribution in [2.75, 3.05) is 5.32 Å². The molecular weight excluding hydrogens is 317 g/mol. The number of halogens is 2. The van der Waals surface area contributed by atoms with Crippen LogP contribution in [0.15, 0.2) is 30.4 Å². The quantitative estimate of drug-likeness (QED) is 0.848. The molecule has 3 rings (SSSR count). The van der Waals surface area contributed by atoms with E-state index in [2.05, 4.69) is 5.32 Å². The molecule has 2 aliphatic rings. The Balaban J connectivity index is 1.82. The molecule has 0 unspecified atom stereocenters. The lowest BCUT2D eigenvalue weighted by molar-refractivity contribution is -0.313. The topological polar surface area (TPSA) is 78.5 Å². The lowest BCUT2D eigenvalue weighted by Crippen LogP contribution is -2.45. The standard InChI is InChI=1S/C14H11Cl2NO4/c15-6-3-7(16)5-8(4-6)17-13(18)11-9-1-2-10(21-9)12(11)14(19)20/h1-5,9-12H,(H,17,18)(H,19,20)/p-1/t9-,10+,11+,12-/m0/s1. The van der Waals surface area contributed by atoms with E-state index in [1.807, 2.05) is 0 Å². The Morgan fingerprint density at radius 3 is 2.19 bits per heavy atom. The Morgan fingerprint density at radius 1 is 1.05 bits per heavy atom. The summed E-state index contributed by atoms with van der Waals surface area (Å²) in [6.45, 7) is 0. The van der Waals surface area contributed by atoms with E-state index >= 15 is 0 Å². The molecule has 1 amide bonds. The number of carboxylic acids is 1. The molecule has 0 spiro atoms. The number of anilines is 1. The number of nitrogens with one attached hydrogen (secondary N) is 1. The first-order chi connectivity index (χ1) is 9.95. The lowest BCUT2D eigenvalue weighted by Gasteiger charge is -2.25. The van der Waals surface area contributed by atoms with E-state index in [4.69, 9.17) is 27.9 Å². The second-order valence-electron chi connectivity index (χ2n) is 4.97. The number of aliphatic carboxylic acids is 1. The molecule has 1 aromatic carbocycles. The van der Waals surface area contributed by atoms with Gasteiger partial charge in [0.2, 0.25) is 5.91 Å². The number of hydrogen-bond acceptors (Lipinski definition) is 4. The van der Waals surface area contributed by atoms with E-state index in [0.29, 0.717) is 15.7 Å². The van der Waals surface area contributed by atoms with Crippen LogP contribution in [0.3, 0.4) is 0 Å². The van der Waals surface area contributed by atoms with E-state index in [1.165, 1.54) is 18.2 Å². The van der Waals surface area contributed by atoms with Crippen molar-refractivity contribution < 1.29 is 19.4 Å². The molecular formula is C14H10Cl2NO4-. The molecule has 7 heteroatoms. The first-order valence-electron chi connectivity index (χ1n) is 6.27. The van der Waals surface area contributed by atoms with E-state index in [9.17, 15) is 14.7 Å². The van der Waals surface area contributed by atoms with Crippen molar-refractivity contribution in [1.82, 2.24) is 0 Å². The van der Waals surface area contributed by atoms with Crippen LogP contribution >= 0.6 is 23.2 Å². The maximum Gasteiger partial charge on any atom is 0.231 e. The summed E-state index contributed by atoms with van der Waals surface area (Å²) in [7, 11) is 0. The minimum atomic E-state index is -1.30. The molecule has 2 heterocycles. The molecule has 0 aliphatic carbocycles. The predicted molar refractivity (Wildman–Crippen MR) is 74.9 cm³/mol. The fraction of sp³-hybridized carbons (Fsp3) is 0.286. The molecule has 2 bridgehead atoms. The molecule has 1 saturated heterocycles. The zero-order valence-corrected chi connectivity index (χ0v) is 12.1. The fourth-order valence-corrected chi connectivity index (χ4v) is 3.28. The van der Waals surface area contributed by atoms with Gasteiger partial charge in [0.15, 0.2) is 0 Å². The van der Waals surface area contributed by atoms with Crippen molar-refractivity contribution in [3.8, 4) is 0 Å². The highest BCUT2D eigenvalue weighted by atomic mass is 35.5. The molecule has 1 N–H and O–H groups in total. The van der Waals surface area contributed by atoms with Gasteiger partial charge in [-0.3, -0.25) is 4.79 Å². The van der Waals surface area contributed by atoms with Gasteiger partial charge in [0.05, 0.1) is 18.1 Å². The Bertz CT molecular complexity index is 626. The van der Waals surface area contributed by atoms with Crippen molar-refractivity contribution in [3.63, 3.8) is 0 Å². The Morgan fingerprint density at radius 2 is 1.62 bits per heavy atom. The summed E-state index contributed by atoms with van der Waals surface area (Å²) in [5.74, 6) is -3.58. The van der Waals surface area contributed by atoms with Gasteiger partial charge in [-0.1, -0.05) is 35.4 Å². The molecule has 1 aromatic rings. The first-order valence-corrected chi connectivity index (χ1v) is 7.03. The third-order valence-electron chi connectivity index (χ3n) is 3.60. The van der Waals surface area contributed by atoms with Crippen molar-refractivity contribution in [1.29, 1.82) is 0 Å². The van der Waals surface area contributed by atoms with Gasteiger partial charge in [0, 0.05) is 27.6 Å². The molecule has 5 nitrogen and oxygen atoms in total. The van der Waals surface area contributed by atoms with Gasteiger partial charge in [-0.2, -0.15) is 0 Å². The average Bonchev–Trinajstić information content (AvgIpc) is 2.96. The van der Waals surface area contributed by atoms with Crippen molar-refractivity contribution in [2.24, 2.45) is 11.8 Å². The summed E-state index contributed by atoms with van der Waals surface area (Å²) in [6, 6.07) is 4.60. The van der Waals surface area contributed by atoms with Crippen LogP contribution in [0.4, 0.5) is 5.69 Å². The van der Waals surface area contributed by atoms with Crippen molar-refractivity contribution in [3.05, 3.63) is 40.4 Å². The minimum absolute atomic E-state index is 0.373. The van der Waals surface area contributed by atoms with Gasteiger partial charge in [-0.05, 0) is 18.2 Å². The SMILES string of the molecule is O=C([O-])[C@@H]1[C@H](C(=O)Nc2cc(Cl)cc(Cl)c2)[C@@H]2C=C[C@H]1O2. The van der Waals surface area contributed by atoms with E-state index in [0.717, 1.165) is 0 Å². The van der Waals surface area contributed by atoms with Crippen LogP contribution in [-0.4, -0.2) is 24.1 Å². The minimum Gasteiger partial charge on any atom is -0.550 e. The monoisotopic (exact) mass is 326 g/mol. The molecule has 0 radical (unpaired) electrons. The van der Waals surface area contributed by atoms with Crippen LogP contribution in [0.1, 0.15) is 0 Å². The second-order valence-corrected chi connectivity index (χ2v) is 5.84. The Labute approximate surface area is 130 Å². The zero-order valence-electron chi connectivity index (χ0n) is 10.6. The zero-order chi connectivity index (χ0) is 15.1. The van der Waals surface area contributed by atoms with Crippen LogP contribution in [0.25, 0.3) is 0 Å². The van der Waals surface area contributed by atoms with Gasteiger partial charge in [-0.25, -0.2) is 0 Å². The third-order valence-corrected chi connectivity index (χ3v) is 4.04. The highest BCUT2D eigenvalue weighted by molar-refractivity contribution is 6.35. The fourth-order valence-electron chi connectivity index (χ4n) is 2.75. The molecule has 2 aliphatic heterocycles. The highest BCUT2D eigenvalue weighted by Gasteiger charge is 2.50. The number of fused-ring (bicyclic) bond motifs is 2. The summed E-state index contributed by atoms with van der Waals surface area (Å²) in [5, 5.41) is 14.6. The normalized spacial score (nSPS) is 29.6. The number of benzene rings is 1. The van der Waals surface area contributed by atoms with Gasteiger partial charge >= 0.3 is 0 Å². The van der Waals surface area contributed by atoms with E-state index in [1.54, 1.807) is 12.2 Å². The van der Waals surface area contributed by atoms with Crippen LogP contribution in [0, 0.1) is 11.8 Å². The first kappa shape index (κ1) is 14.4. The number of carboxylic acid groups (broad SMARTS) is 1. The van der Waals surface area contributed by atoms with Crippen LogP contribution in [0.5, 0.6) is 0 Å². The van der Waals surface area contributed by atoms with Crippen molar-refractivity contribution >= 4 is 40.8 Å². The summed E-state index contributed by atoms with van der Waals surface area (Å²) in [5.41, 5.74) is 0.404. The Hall–Kier alpha value is -1.56. The van der Waals surface area contributed by atoms with Crippen LogP contribution < -0.4 is 10.4 Å². The Kier molecular flexibility index (Phi) is 3.65. The summed E-state index contributed by atoms with van der Waals surface area (Å²) >= 11 is 11.7. The summed E-state index contributed by atoms with van der Waals surface area (Å²) < 4.78 is 5.42. The van der Waals surface area contributed by atoms with Crippen LogP contribution in [0.2, 0.25) is 10.0 Å². The van der Waals surface area contributed by atoms with Crippen LogP contribution in [-0.2, 0) is 14.3 Å². The van der Waals surface area contributed by atoms with Gasteiger partial charge in [-0.15, -0.1) is 0 Å². The highest BCUT2D eigenvalue weighted by Crippen LogP contribution is 2.39. The summed E-state index contributed by atoms with van der Waals surface area (Å²) in [6.07, 6.45) is 2.18. The average molecular weight is 327 g/mol. The van der Waals surface area contributed by atoms with Gasteiger partial charge in [0.1, 0.15) is 0 Å². The summed E-state index contributed by atoms with van der Waals surface area (Å²) in [4.78, 5) is 23.6. The lowest BCUT2D eigenvalue weighted by atomic mass is 9.82. The van der Waals surface area contributed by atoms with E-state index in [-0.39, 0.29) is 0 Å². The number of hydrogen-bond donors (Lipinski definition) is 1. The third kappa shape index (κ3) is 2.64. The van der Waals surface area contributed by atoms with Crippen molar-refractivity contribution in [2.45, 2.75) is 12.2 Å². The van der Waals surface area contributed by atoms with Gasteiger partial charge in [0.25, 0.3) is 0 Å². The molecule has 110 valence electrons. The number of ether oxygens (including phenoxy) is 1. The predicted octanol–water partition coefficient (Wildman–Crippen LogP) is 1.25. The maximum atomic E-state index is 12.3. The van der Waals surface area contributed by atoms with Gasteiger partial charge < -0.3 is 20.0 Å². The second kappa shape index (κ2) is 5.33. The number of rotatable bonds is 3. The smallest absolute Gasteiger partial charge is 0.231 e. The molecule has 1 fully saturated rings. The molecule has 4 atom stereocenters. The largest absolute Gasteiger partial charge is 0.550 e. The maximum absolute atomic E-state index is 12.3. The number of carbonyl (C=O) groups is 2.